The van der Waals surface area contributed by atoms with E-state index >= 15 is 0 Å². The van der Waals surface area contributed by atoms with Crippen LogP contribution in [-0.2, 0) is 4.74 Å². The van der Waals surface area contributed by atoms with E-state index in [-0.39, 0.29) is 5.95 Å². The summed E-state index contributed by atoms with van der Waals surface area (Å²) in [5.41, 5.74) is 16.3. The minimum absolute atomic E-state index is 0.123. The Morgan fingerprint density at radius 1 is 0.893 bits per heavy atom. The molecule has 0 aliphatic heterocycles. The summed E-state index contributed by atoms with van der Waals surface area (Å²) >= 11 is 0. The number of carbonyl (C=O) groups excluding carboxylic acids is 1. The minimum atomic E-state index is -0.408. The Balaban J connectivity index is 2.03. The molecular formula is C22H18N4O2. The molecule has 0 unspecified atom stereocenters. The molecule has 6 heteroatoms. The molecule has 4 rings (SSSR count). The maximum absolute atomic E-state index is 12.5. The SMILES string of the molecule is COC(=O)c1cccc(-c2ccccc2)c1-c1ccc2nc(N)nc(N)c2c1. The van der Waals surface area contributed by atoms with Crippen LogP contribution in [0.2, 0.25) is 0 Å². The van der Waals surface area contributed by atoms with Crippen molar-refractivity contribution in [2.24, 2.45) is 0 Å². The Hall–Kier alpha value is -3.93. The van der Waals surface area contributed by atoms with Gasteiger partial charge in [-0.1, -0.05) is 48.5 Å². The minimum Gasteiger partial charge on any atom is -0.465 e. The quantitative estimate of drug-likeness (QED) is 0.530. The van der Waals surface area contributed by atoms with Gasteiger partial charge in [0.15, 0.2) is 0 Å². The highest BCUT2D eigenvalue weighted by Gasteiger charge is 2.19. The number of hydrogen-bond donors (Lipinski definition) is 2. The molecule has 0 aliphatic rings. The van der Waals surface area contributed by atoms with E-state index in [2.05, 4.69) is 9.97 Å². The van der Waals surface area contributed by atoms with Gasteiger partial charge in [-0.15, -0.1) is 0 Å². The van der Waals surface area contributed by atoms with Crippen LogP contribution >= 0.6 is 0 Å². The first-order chi connectivity index (χ1) is 13.6. The number of nitrogens with two attached hydrogens (primary N) is 2. The third-order valence-corrected chi connectivity index (χ3v) is 4.59. The molecule has 0 aliphatic carbocycles. The number of methoxy groups -OCH3 is 1. The molecule has 4 aromatic rings. The summed E-state index contributed by atoms with van der Waals surface area (Å²) in [4.78, 5) is 20.7. The van der Waals surface area contributed by atoms with Crippen molar-refractivity contribution >= 4 is 28.6 Å². The summed E-state index contributed by atoms with van der Waals surface area (Å²) in [6.45, 7) is 0. The van der Waals surface area contributed by atoms with Gasteiger partial charge >= 0.3 is 5.97 Å². The van der Waals surface area contributed by atoms with Crippen molar-refractivity contribution in [3.8, 4) is 22.3 Å². The highest BCUT2D eigenvalue weighted by Crippen LogP contribution is 2.37. The Morgan fingerprint density at radius 3 is 2.43 bits per heavy atom. The van der Waals surface area contributed by atoms with Crippen molar-refractivity contribution < 1.29 is 9.53 Å². The Kier molecular flexibility index (Phi) is 4.37. The van der Waals surface area contributed by atoms with Crippen molar-refractivity contribution in [2.75, 3.05) is 18.6 Å². The van der Waals surface area contributed by atoms with Crippen LogP contribution in [0.15, 0.2) is 66.7 Å². The van der Waals surface area contributed by atoms with E-state index in [1.807, 2.05) is 60.7 Å². The second-order valence-corrected chi connectivity index (χ2v) is 6.28. The summed E-state index contributed by atoms with van der Waals surface area (Å²) in [5.74, 6) is 0.00764. The number of anilines is 2. The standard InChI is InChI=1S/C22H18N4O2/c1-28-21(27)16-9-5-8-15(13-6-3-2-4-7-13)19(16)14-10-11-18-17(12-14)20(23)26-22(24)25-18/h2-12H,1H3,(H4,23,24,25,26). The van der Waals surface area contributed by atoms with E-state index in [0.29, 0.717) is 22.3 Å². The van der Waals surface area contributed by atoms with Crippen LogP contribution in [0.3, 0.4) is 0 Å². The van der Waals surface area contributed by atoms with Crippen molar-refractivity contribution in [2.45, 2.75) is 0 Å². The summed E-state index contributed by atoms with van der Waals surface area (Å²) in [6, 6.07) is 21.0. The van der Waals surface area contributed by atoms with Crippen LogP contribution < -0.4 is 11.5 Å². The molecule has 1 aromatic heterocycles. The molecule has 0 amide bonds. The van der Waals surface area contributed by atoms with Gasteiger partial charge in [0.1, 0.15) is 5.82 Å². The Morgan fingerprint density at radius 2 is 1.68 bits per heavy atom. The third kappa shape index (κ3) is 3.01. The lowest BCUT2D eigenvalue weighted by molar-refractivity contribution is 0.0601. The number of rotatable bonds is 3. The van der Waals surface area contributed by atoms with Gasteiger partial charge in [-0.2, -0.15) is 4.98 Å². The number of carbonyl (C=O) groups is 1. The van der Waals surface area contributed by atoms with Crippen LogP contribution in [0.4, 0.5) is 11.8 Å². The number of ether oxygens (including phenoxy) is 1. The average molecular weight is 370 g/mol. The summed E-state index contributed by atoms with van der Waals surface area (Å²) in [6.07, 6.45) is 0. The molecule has 0 fully saturated rings. The van der Waals surface area contributed by atoms with Crippen LogP contribution in [0.25, 0.3) is 33.2 Å². The number of nitrogen functional groups attached to an aromatic ring is 2. The number of esters is 1. The zero-order valence-corrected chi connectivity index (χ0v) is 15.2. The van der Waals surface area contributed by atoms with Gasteiger partial charge in [-0.05, 0) is 34.9 Å². The van der Waals surface area contributed by atoms with E-state index in [0.717, 1.165) is 22.3 Å². The summed E-state index contributed by atoms with van der Waals surface area (Å²) in [7, 11) is 1.37. The number of aromatic nitrogens is 2. The van der Waals surface area contributed by atoms with Crippen LogP contribution in [0, 0.1) is 0 Å². The fourth-order valence-corrected chi connectivity index (χ4v) is 3.33. The number of hydrogen-bond acceptors (Lipinski definition) is 6. The molecule has 0 atom stereocenters. The molecule has 4 N–H and O–H groups in total. The first-order valence-electron chi connectivity index (χ1n) is 8.68. The van der Waals surface area contributed by atoms with Crippen molar-refractivity contribution in [3.63, 3.8) is 0 Å². The van der Waals surface area contributed by atoms with Gasteiger partial charge in [0.2, 0.25) is 5.95 Å². The van der Waals surface area contributed by atoms with E-state index in [9.17, 15) is 4.79 Å². The largest absolute Gasteiger partial charge is 0.465 e. The Labute approximate surface area is 161 Å². The van der Waals surface area contributed by atoms with E-state index in [1.54, 1.807) is 6.07 Å². The number of nitrogens with zero attached hydrogens (tertiary/aromatic N) is 2. The maximum Gasteiger partial charge on any atom is 0.338 e. The van der Waals surface area contributed by atoms with Crippen molar-refractivity contribution in [3.05, 3.63) is 72.3 Å². The van der Waals surface area contributed by atoms with Gasteiger partial charge in [0, 0.05) is 10.9 Å². The van der Waals surface area contributed by atoms with Crippen LogP contribution in [0.1, 0.15) is 10.4 Å². The highest BCUT2D eigenvalue weighted by atomic mass is 16.5. The fourth-order valence-electron chi connectivity index (χ4n) is 3.33. The topological polar surface area (TPSA) is 104 Å². The molecule has 3 aromatic carbocycles. The van der Waals surface area contributed by atoms with Gasteiger partial charge < -0.3 is 16.2 Å². The predicted octanol–water partition coefficient (Wildman–Crippen LogP) is 3.91. The molecule has 6 nitrogen and oxygen atoms in total. The number of benzene rings is 3. The zero-order valence-electron chi connectivity index (χ0n) is 15.2. The van der Waals surface area contributed by atoms with E-state index in [1.165, 1.54) is 7.11 Å². The lowest BCUT2D eigenvalue weighted by Crippen LogP contribution is -2.05. The monoisotopic (exact) mass is 370 g/mol. The van der Waals surface area contributed by atoms with Crippen molar-refractivity contribution in [1.82, 2.24) is 9.97 Å². The van der Waals surface area contributed by atoms with Gasteiger partial charge in [0.05, 0.1) is 18.2 Å². The molecule has 0 radical (unpaired) electrons. The van der Waals surface area contributed by atoms with Crippen molar-refractivity contribution in [1.29, 1.82) is 0 Å². The molecule has 0 saturated carbocycles. The molecule has 0 saturated heterocycles. The van der Waals surface area contributed by atoms with Gasteiger partial charge in [-0.3, -0.25) is 0 Å². The number of fused-ring (bicyclic) bond motifs is 1. The van der Waals surface area contributed by atoms with E-state index in [4.69, 9.17) is 16.2 Å². The second kappa shape index (κ2) is 7.00. The van der Waals surface area contributed by atoms with Crippen LogP contribution in [0.5, 0.6) is 0 Å². The predicted molar refractivity (Wildman–Crippen MR) is 111 cm³/mol. The van der Waals surface area contributed by atoms with E-state index < -0.39 is 5.97 Å². The smallest absolute Gasteiger partial charge is 0.338 e. The first kappa shape index (κ1) is 17.5. The molecule has 1 heterocycles. The first-order valence-corrected chi connectivity index (χ1v) is 8.68. The molecule has 0 bridgehead atoms. The zero-order chi connectivity index (χ0) is 19.7. The molecule has 28 heavy (non-hydrogen) atoms. The summed E-state index contributed by atoms with van der Waals surface area (Å²) in [5, 5.41) is 0.672. The average Bonchev–Trinajstić information content (AvgIpc) is 2.73. The second-order valence-electron chi connectivity index (χ2n) is 6.28. The lowest BCUT2D eigenvalue weighted by Gasteiger charge is -2.15. The maximum atomic E-state index is 12.5. The lowest BCUT2D eigenvalue weighted by atomic mass is 9.90. The molecular weight excluding hydrogens is 352 g/mol. The summed E-state index contributed by atoms with van der Waals surface area (Å²) < 4.78 is 5.01. The van der Waals surface area contributed by atoms with Gasteiger partial charge in [-0.25, -0.2) is 9.78 Å². The molecule has 0 spiro atoms. The van der Waals surface area contributed by atoms with Crippen LogP contribution in [-0.4, -0.2) is 23.0 Å². The Bertz CT molecular complexity index is 1190. The third-order valence-electron chi connectivity index (χ3n) is 4.59. The van der Waals surface area contributed by atoms with Gasteiger partial charge in [0.25, 0.3) is 0 Å². The normalized spacial score (nSPS) is 10.8. The molecule has 138 valence electrons. The fraction of sp³-hybridized carbons (Fsp3) is 0.0455. The highest BCUT2D eigenvalue weighted by molar-refractivity contribution is 6.04.